The van der Waals surface area contributed by atoms with Gasteiger partial charge in [-0.1, -0.05) is 51.1 Å². The molecule has 0 atom stereocenters. The summed E-state index contributed by atoms with van der Waals surface area (Å²) >= 11 is 0. The Hall–Kier alpha value is 0.434. The minimum atomic E-state index is -0.700. The van der Waals surface area contributed by atoms with Gasteiger partial charge in [-0.2, -0.15) is 0 Å². The van der Waals surface area contributed by atoms with Crippen LogP contribution >= 0.6 is 0 Å². The molecule has 0 heterocycles. The lowest BCUT2D eigenvalue weighted by Gasteiger charge is -2.14. The number of hydrogen-bond acceptors (Lipinski definition) is 0. The first-order valence-corrected chi connectivity index (χ1v) is 9.39. The molecule has 0 aromatic carbocycles. The van der Waals surface area contributed by atoms with Crippen molar-refractivity contribution in [2.45, 2.75) is 51.1 Å². The Morgan fingerprint density at radius 3 is 2.10 bits per heavy atom. The topological polar surface area (TPSA) is 0 Å². The predicted molar refractivity (Wildman–Crippen MR) is 53.8 cm³/mol. The zero-order chi connectivity index (χ0) is 8.04. The van der Waals surface area contributed by atoms with Crippen LogP contribution in [-0.4, -0.2) is 17.6 Å². The standard InChI is InChI=1S/C8H20Si2/c1-5-6-9-7-8-10(2,3)4/h5-8H2,1-4H3. The maximum atomic E-state index is 2.46. The van der Waals surface area contributed by atoms with E-state index in [1.54, 1.807) is 0 Å². The summed E-state index contributed by atoms with van der Waals surface area (Å²) in [6.45, 7) is 9.66. The lowest BCUT2D eigenvalue weighted by Crippen LogP contribution is -2.19. The summed E-state index contributed by atoms with van der Waals surface area (Å²) in [7, 11) is 0.540. The molecule has 2 radical (unpaired) electrons. The van der Waals surface area contributed by atoms with Gasteiger partial charge in [0.25, 0.3) is 0 Å². The van der Waals surface area contributed by atoms with E-state index in [0.29, 0.717) is 0 Å². The molecular formula is C8H20Si2. The average Bonchev–Trinajstić information content (AvgIpc) is 1.78. The van der Waals surface area contributed by atoms with E-state index in [0.717, 1.165) is 0 Å². The fraction of sp³-hybridized carbons (Fsp3) is 1.00. The molecule has 0 saturated heterocycles. The minimum Gasteiger partial charge on any atom is -0.0696 e. The Bertz CT molecular complexity index is 73.8. The Labute approximate surface area is 69.2 Å². The molecule has 0 aromatic rings. The first kappa shape index (κ1) is 10.4. The first-order chi connectivity index (χ1) is 4.56. The van der Waals surface area contributed by atoms with Gasteiger partial charge in [0.15, 0.2) is 0 Å². The highest BCUT2D eigenvalue weighted by Gasteiger charge is 2.11. The smallest absolute Gasteiger partial charge is 0.0439 e. The third-order valence-electron chi connectivity index (χ3n) is 1.48. The van der Waals surface area contributed by atoms with Crippen LogP contribution in [-0.2, 0) is 0 Å². The van der Waals surface area contributed by atoms with Crippen LogP contribution in [0.5, 0.6) is 0 Å². The van der Waals surface area contributed by atoms with Crippen LogP contribution in [0.4, 0.5) is 0 Å². The molecule has 60 valence electrons. The van der Waals surface area contributed by atoms with E-state index in [-0.39, 0.29) is 0 Å². The van der Waals surface area contributed by atoms with Gasteiger partial charge in [-0.3, -0.25) is 0 Å². The summed E-state index contributed by atoms with van der Waals surface area (Å²) in [5.41, 5.74) is 0. The van der Waals surface area contributed by atoms with Gasteiger partial charge >= 0.3 is 0 Å². The van der Waals surface area contributed by atoms with Crippen molar-refractivity contribution in [2.75, 3.05) is 0 Å². The molecule has 10 heavy (non-hydrogen) atoms. The second-order valence-electron chi connectivity index (χ2n) is 4.06. The van der Waals surface area contributed by atoms with Crippen molar-refractivity contribution in [3.05, 3.63) is 0 Å². The van der Waals surface area contributed by atoms with E-state index in [9.17, 15) is 0 Å². The molecule has 0 aliphatic carbocycles. The molecule has 0 bridgehead atoms. The van der Waals surface area contributed by atoms with Gasteiger partial charge in [0.05, 0.1) is 0 Å². The van der Waals surface area contributed by atoms with Crippen LogP contribution < -0.4 is 0 Å². The lowest BCUT2D eigenvalue weighted by molar-refractivity contribution is 1.06. The third-order valence-corrected chi connectivity index (χ3v) is 5.19. The van der Waals surface area contributed by atoms with Gasteiger partial charge in [0.2, 0.25) is 0 Å². The van der Waals surface area contributed by atoms with Crippen LogP contribution in [0.3, 0.4) is 0 Å². The van der Waals surface area contributed by atoms with Gasteiger partial charge < -0.3 is 0 Å². The van der Waals surface area contributed by atoms with Crippen LogP contribution in [0, 0.1) is 0 Å². The van der Waals surface area contributed by atoms with E-state index in [1.165, 1.54) is 34.1 Å². The van der Waals surface area contributed by atoms with Crippen LogP contribution in [0.25, 0.3) is 0 Å². The Morgan fingerprint density at radius 1 is 1.10 bits per heavy atom. The molecule has 0 fully saturated rings. The van der Waals surface area contributed by atoms with Gasteiger partial charge in [0, 0.05) is 17.6 Å². The highest BCUT2D eigenvalue weighted by molar-refractivity contribution is 6.76. The molecule has 0 N–H and O–H groups in total. The molecular weight excluding hydrogens is 152 g/mol. The summed E-state index contributed by atoms with van der Waals surface area (Å²) in [4.78, 5) is 0. The van der Waals surface area contributed by atoms with Gasteiger partial charge in [-0.05, 0) is 0 Å². The number of rotatable bonds is 5. The SMILES string of the molecule is CCC[Si]CC[Si](C)(C)C. The summed E-state index contributed by atoms with van der Waals surface area (Å²) in [5.74, 6) is 0. The van der Waals surface area contributed by atoms with Crippen molar-refractivity contribution < 1.29 is 0 Å². The summed E-state index contributed by atoms with van der Waals surface area (Å²) in [5, 5.41) is 0. The van der Waals surface area contributed by atoms with Gasteiger partial charge in [0.1, 0.15) is 0 Å². The average molecular weight is 172 g/mol. The highest BCUT2D eigenvalue weighted by Crippen LogP contribution is 2.11. The Morgan fingerprint density at radius 2 is 1.70 bits per heavy atom. The molecule has 0 rings (SSSR count). The number of hydrogen-bond donors (Lipinski definition) is 0. The molecule has 0 spiro atoms. The van der Waals surface area contributed by atoms with Crippen molar-refractivity contribution in [2.24, 2.45) is 0 Å². The molecule has 0 unspecified atom stereocenters. The van der Waals surface area contributed by atoms with Crippen molar-refractivity contribution in [1.82, 2.24) is 0 Å². The van der Waals surface area contributed by atoms with E-state index >= 15 is 0 Å². The molecule has 2 heteroatoms. The monoisotopic (exact) mass is 172 g/mol. The zero-order valence-corrected chi connectivity index (χ0v) is 9.83. The molecule has 0 amide bonds. The Balaban J connectivity index is 3.04. The minimum absolute atomic E-state index is 0.700. The van der Waals surface area contributed by atoms with Crippen molar-refractivity contribution in [1.29, 1.82) is 0 Å². The van der Waals surface area contributed by atoms with Gasteiger partial charge in [-0.25, -0.2) is 0 Å². The fourth-order valence-corrected chi connectivity index (χ4v) is 5.08. The summed E-state index contributed by atoms with van der Waals surface area (Å²) in [6.07, 6.45) is 1.38. The van der Waals surface area contributed by atoms with Crippen molar-refractivity contribution in [3.63, 3.8) is 0 Å². The molecule has 0 saturated carbocycles. The van der Waals surface area contributed by atoms with E-state index in [1.807, 2.05) is 0 Å². The lowest BCUT2D eigenvalue weighted by atomic mass is 10.6. The first-order valence-electron chi connectivity index (χ1n) is 4.27. The normalized spacial score (nSPS) is 12.0. The largest absolute Gasteiger partial charge is 0.0696 e. The summed E-state index contributed by atoms with van der Waals surface area (Å²) < 4.78 is 0. The van der Waals surface area contributed by atoms with Crippen LogP contribution in [0.1, 0.15) is 13.3 Å². The molecule has 0 aliphatic heterocycles. The molecule has 0 aliphatic rings. The maximum absolute atomic E-state index is 2.46. The van der Waals surface area contributed by atoms with Crippen LogP contribution in [0.15, 0.2) is 0 Å². The zero-order valence-electron chi connectivity index (χ0n) is 7.83. The highest BCUT2D eigenvalue weighted by atomic mass is 28.3. The molecule has 0 aromatic heterocycles. The predicted octanol–water partition coefficient (Wildman–Crippen LogP) is 3.28. The second-order valence-corrected chi connectivity index (χ2v) is 11.2. The fourth-order valence-electron chi connectivity index (χ4n) is 0.765. The van der Waals surface area contributed by atoms with Crippen molar-refractivity contribution >= 4 is 17.6 Å². The van der Waals surface area contributed by atoms with E-state index < -0.39 is 8.07 Å². The second kappa shape index (κ2) is 5.13. The van der Waals surface area contributed by atoms with Crippen LogP contribution in [0.2, 0.25) is 37.8 Å². The van der Waals surface area contributed by atoms with Crippen molar-refractivity contribution in [3.8, 4) is 0 Å². The Kier molecular flexibility index (Phi) is 5.36. The maximum Gasteiger partial charge on any atom is 0.0439 e. The summed E-state index contributed by atoms with van der Waals surface area (Å²) in [6, 6.07) is 4.50. The quantitative estimate of drug-likeness (QED) is 0.441. The molecule has 0 nitrogen and oxygen atoms in total. The van der Waals surface area contributed by atoms with Gasteiger partial charge in [-0.15, -0.1) is 0 Å². The third kappa shape index (κ3) is 8.43. The van der Waals surface area contributed by atoms with E-state index in [4.69, 9.17) is 0 Å². The van der Waals surface area contributed by atoms with E-state index in [2.05, 4.69) is 26.6 Å².